The molecule has 0 unspecified atom stereocenters. The van der Waals surface area contributed by atoms with Gasteiger partial charge in [-0.15, -0.1) is 0 Å². The van der Waals surface area contributed by atoms with Crippen LogP contribution in [0.25, 0.3) is 0 Å². The summed E-state index contributed by atoms with van der Waals surface area (Å²) in [5.41, 5.74) is 0.269. The van der Waals surface area contributed by atoms with Crippen LogP contribution in [0.3, 0.4) is 0 Å². The number of benzene rings is 1. The van der Waals surface area contributed by atoms with Gasteiger partial charge in [0.1, 0.15) is 5.82 Å². The summed E-state index contributed by atoms with van der Waals surface area (Å²) in [6.45, 7) is 1.95. The van der Waals surface area contributed by atoms with Crippen LogP contribution < -0.4 is 10.6 Å². The number of likely N-dealkylation sites (N-methyl/N-ethyl adjacent to an activating group) is 1. The van der Waals surface area contributed by atoms with Crippen molar-refractivity contribution in [1.29, 1.82) is 0 Å². The van der Waals surface area contributed by atoms with E-state index in [-0.39, 0.29) is 23.6 Å². The number of halogens is 2. The average molecular weight is 424 g/mol. The molecule has 7 heteroatoms. The maximum Gasteiger partial charge on any atom is 0.317 e. The Bertz CT molecular complexity index is 710. The van der Waals surface area contributed by atoms with E-state index in [9.17, 15) is 18.7 Å². The number of amides is 2. The van der Waals surface area contributed by atoms with Crippen molar-refractivity contribution < 1.29 is 18.7 Å². The molecule has 1 aliphatic carbocycles. The molecule has 1 saturated carbocycles. The topological polar surface area (TPSA) is 64.6 Å². The lowest BCUT2D eigenvalue weighted by molar-refractivity contribution is 0.159. The highest BCUT2D eigenvalue weighted by Gasteiger charge is 2.27. The second-order valence-corrected chi connectivity index (χ2v) is 9.00. The van der Waals surface area contributed by atoms with E-state index in [2.05, 4.69) is 10.6 Å². The zero-order valence-corrected chi connectivity index (χ0v) is 17.9. The maximum absolute atomic E-state index is 13.6. The maximum atomic E-state index is 13.6. The summed E-state index contributed by atoms with van der Waals surface area (Å²) in [4.78, 5) is 14.7. The number of nitrogens with one attached hydrogen (secondary N) is 2. The molecule has 1 aliphatic heterocycles. The molecule has 0 spiro atoms. The minimum Gasteiger partial charge on any atom is -0.505 e. The van der Waals surface area contributed by atoms with Gasteiger partial charge in [0.05, 0.1) is 0 Å². The lowest BCUT2D eigenvalue weighted by Gasteiger charge is -2.35. The number of nitrogens with zero attached hydrogens (tertiary/aromatic N) is 1. The lowest BCUT2D eigenvalue weighted by atomic mass is 9.85. The molecular weight excluding hydrogens is 388 g/mol. The molecule has 2 fully saturated rings. The molecular formula is C23H35F2N3O2. The van der Waals surface area contributed by atoms with Crippen LogP contribution in [-0.2, 0) is 6.42 Å². The van der Waals surface area contributed by atoms with Gasteiger partial charge in [0, 0.05) is 37.3 Å². The largest absolute Gasteiger partial charge is 0.505 e. The summed E-state index contributed by atoms with van der Waals surface area (Å²) < 4.78 is 27.2. The molecule has 1 heterocycles. The molecule has 2 aliphatic rings. The zero-order valence-electron chi connectivity index (χ0n) is 17.9. The third kappa shape index (κ3) is 6.30. The normalized spacial score (nSPS) is 21.4. The predicted molar refractivity (Wildman–Crippen MR) is 113 cm³/mol. The van der Waals surface area contributed by atoms with E-state index in [4.69, 9.17) is 0 Å². The summed E-state index contributed by atoms with van der Waals surface area (Å²) in [6.07, 6.45) is 9.44. The van der Waals surface area contributed by atoms with Gasteiger partial charge < -0.3 is 20.6 Å². The number of phenolic OH excluding ortho intramolecular Hbond substituents is 1. The third-order valence-electron chi connectivity index (χ3n) is 6.54. The molecule has 2 atom stereocenters. The Morgan fingerprint density at radius 3 is 2.63 bits per heavy atom. The van der Waals surface area contributed by atoms with Crippen molar-refractivity contribution in [3.63, 3.8) is 0 Å². The lowest BCUT2D eigenvalue weighted by Crippen LogP contribution is -2.51. The van der Waals surface area contributed by atoms with Crippen LogP contribution >= 0.6 is 0 Å². The Hall–Kier alpha value is -1.89. The van der Waals surface area contributed by atoms with E-state index in [1.807, 2.05) is 11.9 Å². The zero-order chi connectivity index (χ0) is 21.5. The van der Waals surface area contributed by atoms with Crippen LogP contribution in [0.15, 0.2) is 12.1 Å². The first kappa shape index (κ1) is 22.8. The van der Waals surface area contributed by atoms with Gasteiger partial charge in [0.2, 0.25) is 0 Å². The van der Waals surface area contributed by atoms with Crippen LogP contribution in [0, 0.1) is 23.5 Å². The molecule has 1 aromatic rings. The smallest absolute Gasteiger partial charge is 0.317 e. The molecule has 1 aromatic carbocycles. The van der Waals surface area contributed by atoms with Crippen molar-refractivity contribution in [1.82, 2.24) is 15.5 Å². The standard InChI is InChI=1S/C23H35F2N3O2/c1-26-14-20(11-16-6-3-2-4-7-16)27-23(30)28-9-5-8-17(15-28)10-18-12-19(24)13-21(25)22(18)29/h12-13,16-17,20,26,29H,2-11,14-15H2,1H3,(H,27,30)/t17-,20-/m0/s1. The van der Waals surface area contributed by atoms with Crippen LogP contribution in [0.4, 0.5) is 13.6 Å². The first-order chi connectivity index (χ1) is 14.5. The predicted octanol–water partition coefficient (Wildman–Crippen LogP) is 4.19. The molecule has 0 radical (unpaired) electrons. The van der Waals surface area contributed by atoms with Crippen molar-refractivity contribution in [3.8, 4) is 5.75 Å². The molecule has 0 aromatic heterocycles. The summed E-state index contributed by atoms with van der Waals surface area (Å²) in [5, 5.41) is 16.3. The van der Waals surface area contributed by atoms with Gasteiger partial charge in [0.25, 0.3) is 0 Å². The highest BCUT2D eigenvalue weighted by molar-refractivity contribution is 5.74. The van der Waals surface area contributed by atoms with Crippen molar-refractivity contribution in [2.75, 3.05) is 26.7 Å². The fraction of sp³-hybridized carbons (Fsp3) is 0.696. The number of likely N-dealkylation sites (tertiary alicyclic amines) is 1. The summed E-state index contributed by atoms with van der Waals surface area (Å²) in [5.74, 6) is -1.37. The number of hydrogen-bond acceptors (Lipinski definition) is 3. The van der Waals surface area contributed by atoms with Crippen LogP contribution in [0.5, 0.6) is 5.75 Å². The van der Waals surface area contributed by atoms with Gasteiger partial charge in [-0.25, -0.2) is 13.6 Å². The van der Waals surface area contributed by atoms with Crippen molar-refractivity contribution >= 4 is 6.03 Å². The molecule has 168 valence electrons. The molecule has 30 heavy (non-hydrogen) atoms. The van der Waals surface area contributed by atoms with Crippen LogP contribution in [0.2, 0.25) is 0 Å². The minimum absolute atomic E-state index is 0.0644. The Kier molecular flexibility index (Phi) is 8.31. The quantitative estimate of drug-likeness (QED) is 0.616. The number of carbonyl (C=O) groups is 1. The van der Waals surface area contributed by atoms with Crippen LogP contribution in [-0.4, -0.2) is 48.8 Å². The molecule has 5 nitrogen and oxygen atoms in total. The van der Waals surface area contributed by atoms with E-state index in [0.717, 1.165) is 25.8 Å². The van der Waals surface area contributed by atoms with E-state index in [1.54, 1.807) is 0 Å². The van der Waals surface area contributed by atoms with Gasteiger partial charge >= 0.3 is 6.03 Å². The third-order valence-corrected chi connectivity index (χ3v) is 6.54. The fourth-order valence-electron chi connectivity index (χ4n) is 5.03. The van der Waals surface area contributed by atoms with Gasteiger partial charge in [-0.05, 0) is 50.6 Å². The monoisotopic (exact) mass is 423 g/mol. The van der Waals surface area contributed by atoms with E-state index >= 15 is 0 Å². The molecule has 0 bridgehead atoms. The molecule has 2 amide bonds. The number of phenols is 1. The van der Waals surface area contributed by atoms with E-state index < -0.39 is 17.4 Å². The van der Waals surface area contributed by atoms with Gasteiger partial charge in [0.15, 0.2) is 11.6 Å². The minimum atomic E-state index is -0.937. The molecule has 3 N–H and O–H groups in total. The Balaban J connectivity index is 1.56. The number of rotatable bonds is 7. The molecule has 1 saturated heterocycles. The van der Waals surface area contributed by atoms with Crippen molar-refractivity contribution in [3.05, 3.63) is 29.3 Å². The highest BCUT2D eigenvalue weighted by Crippen LogP contribution is 2.29. The second kappa shape index (κ2) is 10.9. The van der Waals surface area contributed by atoms with Gasteiger partial charge in [-0.2, -0.15) is 0 Å². The van der Waals surface area contributed by atoms with E-state index in [0.29, 0.717) is 31.5 Å². The Labute approximate surface area is 178 Å². The number of piperidine rings is 1. The van der Waals surface area contributed by atoms with Gasteiger partial charge in [-0.3, -0.25) is 0 Å². The first-order valence-corrected chi connectivity index (χ1v) is 11.3. The molecule has 3 rings (SSSR count). The average Bonchev–Trinajstić information content (AvgIpc) is 2.73. The Morgan fingerprint density at radius 2 is 1.90 bits per heavy atom. The van der Waals surface area contributed by atoms with Gasteiger partial charge in [-0.1, -0.05) is 32.1 Å². The van der Waals surface area contributed by atoms with Crippen molar-refractivity contribution in [2.24, 2.45) is 11.8 Å². The number of carbonyl (C=O) groups excluding carboxylic acids is 1. The summed E-state index contributed by atoms with van der Waals surface area (Å²) in [6, 6.07) is 1.91. The SMILES string of the molecule is CNC[C@H](CC1CCCCC1)NC(=O)N1CCC[C@@H](Cc2cc(F)cc(F)c2O)C1. The number of aromatic hydroxyl groups is 1. The number of urea groups is 1. The Morgan fingerprint density at radius 1 is 1.17 bits per heavy atom. The van der Waals surface area contributed by atoms with E-state index in [1.165, 1.54) is 38.2 Å². The summed E-state index contributed by atoms with van der Waals surface area (Å²) >= 11 is 0. The second-order valence-electron chi connectivity index (χ2n) is 9.00. The fourth-order valence-corrected chi connectivity index (χ4v) is 5.03. The summed E-state index contributed by atoms with van der Waals surface area (Å²) in [7, 11) is 1.90. The van der Waals surface area contributed by atoms with Crippen LogP contribution in [0.1, 0.15) is 56.9 Å². The number of hydrogen-bond donors (Lipinski definition) is 3. The van der Waals surface area contributed by atoms with Crippen molar-refractivity contribution in [2.45, 2.75) is 63.8 Å². The first-order valence-electron chi connectivity index (χ1n) is 11.3. The highest BCUT2D eigenvalue weighted by atomic mass is 19.1.